The fourth-order valence-corrected chi connectivity index (χ4v) is 6.76. The van der Waals surface area contributed by atoms with Crippen molar-refractivity contribution in [2.24, 2.45) is 0 Å². The van der Waals surface area contributed by atoms with Crippen molar-refractivity contribution in [3.05, 3.63) is 0 Å². The van der Waals surface area contributed by atoms with Gasteiger partial charge in [0.15, 0.2) is 0 Å². The first-order valence-corrected chi connectivity index (χ1v) is 17.3. The van der Waals surface area contributed by atoms with Gasteiger partial charge in [-0.05, 0) is 19.0 Å². The van der Waals surface area contributed by atoms with E-state index in [4.69, 9.17) is 3.97 Å². The van der Waals surface area contributed by atoms with Gasteiger partial charge in [0.05, 0.1) is 5.75 Å². The van der Waals surface area contributed by atoms with Crippen molar-refractivity contribution in [3.63, 3.8) is 0 Å². The van der Waals surface area contributed by atoms with Gasteiger partial charge >= 0.3 is 0 Å². The third-order valence-electron chi connectivity index (χ3n) is 4.64. The Morgan fingerprint density at radius 1 is 0.731 bits per heavy atom. The summed E-state index contributed by atoms with van der Waals surface area (Å²) in [6.07, 6.45) is 17.7. The van der Waals surface area contributed by atoms with Crippen molar-refractivity contribution in [2.75, 3.05) is 11.9 Å². The second-order valence-corrected chi connectivity index (χ2v) is 17.4. The summed E-state index contributed by atoms with van der Waals surface area (Å²) in [4.78, 5) is 0. The van der Waals surface area contributed by atoms with Gasteiger partial charge in [-0.2, -0.15) is 8.42 Å². The smallest absolute Gasteiger partial charge is 0.251 e. The Morgan fingerprint density at radius 3 is 1.65 bits per heavy atom. The molecule has 158 valence electrons. The van der Waals surface area contributed by atoms with Crippen LogP contribution in [0.3, 0.4) is 0 Å². The van der Waals surface area contributed by atoms with Gasteiger partial charge in [-0.1, -0.05) is 103 Å². The van der Waals surface area contributed by atoms with Crippen LogP contribution in [0.2, 0.25) is 25.7 Å². The van der Waals surface area contributed by atoms with Gasteiger partial charge in [-0.3, -0.25) is 3.97 Å². The average molecular weight is 425 g/mol. The molecule has 0 aromatic rings. The molecule has 0 aliphatic heterocycles. The van der Waals surface area contributed by atoms with E-state index in [-0.39, 0.29) is 14.6 Å². The molecule has 0 saturated heterocycles. The zero-order chi connectivity index (χ0) is 19.7. The van der Waals surface area contributed by atoms with E-state index in [1.165, 1.54) is 70.6 Å². The average Bonchev–Trinajstić information content (AvgIpc) is 2.53. The van der Waals surface area contributed by atoms with E-state index in [9.17, 15) is 8.42 Å². The molecule has 0 amide bonds. The van der Waals surface area contributed by atoms with E-state index in [1.54, 1.807) is 0 Å². The third-order valence-corrected chi connectivity index (χ3v) is 9.33. The summed E-state index contributed by atoms with van der Waals surface area (Å²) in [7, 11) is -4.32. The number of unbranched alkanes of at least 4 members (excludes halogenated alkanes) is 11. The Kier molecular flexibility index (Phi) is 16.9. The minimum Gasteiger partial charge on any atom is -0.251 e. The fourth-order valence-electron chi connectivity index (χ4n) is 2.99. The van der Waals surface area contributed by atoms with Gasteiger partial charge in [0.1, 0.15) is 0 Å². The second-order valence-electron chi connectivity index (χ2n) is 8.79. The molecule has 0 aromatic carbocycles. The Bertz CT molecular complexity index is 408. The molecule has 0 heterocycles. The van der Waals surface area contributed by atoms with Crippen LogP contribution < -0.4 is 0 Å². The van der Waals surface area contributed by atoms with Crippen molar-refractivity contribution in [1.29, 1.82) is 0 Å². The molecule has 0 saturated carbocycles. The Balaban J connectivity index is 3.34. The molecular weight excluding hydrogens is 379 g/mol. The summed E-state index contributed by atoms with van der Waals surface area (Å²) in [5, 5.41) is 0. The SMILES string of the molecule is CCCCCCCCCCCCCCPOS(=O)(=O)CCC[Si](C)(C)C. The summed E-state index contributed by atoms with van der Waals surface area (Å²) in [6.45, 7) is 9.09. The second kappa shape index (κ2) is 16.5. The zero-order valence-electron chi connectivity index (χ0n) is 17.9. The number of hydrogen-bond acceptors (Lipinski definition) is 3. The minimum absolute atomic E-state index is 0.117. The highest BCUT2D eigenvalue weighted by atomic mass is 32.2. The summed E-state index contributed by atoms with van der Waals surface area (Å²) >= 11 is 0. The molecule has 3 nitrogen and oxygen atoms in total. The predicted molar refractivity (Wildman–Crippen MR) is 122 cm³/mol. The topological polar surface area (TPSA) is 43.4 Å². The molecule has 0 rings (SSSR count). The van der Waals surface area contributed by atoms with Crippen molar-refractivity contribution < 1.29 is 12.4 Å². The third kappa shape index (κ3) is 20.9. The fraction of sp³-hybridized carbons (Fsp3) is 1.00. The maximum Gasteiger partial charge on any atom is 0.270 e. The maximum absolute atomic E-state index is 11.8. The molecule has 26 heavy (non-hydrogen) atoms. The highest BCUT2D eigenvalue weighted by molar-refractivity contribution is 7.89. The van der Waals surface area contributed by atoms with Crippen LogP contribution in [0.1, 0.15) is 90.4 Å². The molecule has 0 radical (unpaired) electrons. The van der Waals surface area contributed by atoms with Crippen molar-refractivity contribution in [3.8, 4) is 0 Å². The molecule has 1 atom stereocenters. The maximum atomic E-state index is 11.8. The van der Waals surface area contributed by atoms with Gasteiger partial charge in [0, 0.05) is 16.9 Å². The molecule has 0 aromatic heterocycles. The van der Waals surface area contributed by atoms with Crippen molar-refractivity contribution >= 4 is 27.0 Å². The van der Waals surface area contributed by atoms with Crippen LogP contribution in [0.5, 0.6) is 0 Å². The molecule has 0 fully saturated rings. The molecule has 0 N–H and O–H groups in total. The standard InChI is InChI=1S/C20H45O3PSSi/c1-5-6-7-8-9-10-11-12-13-14-15-16-18-24-23-25(21,22)19-17-20-26(2,3)4/h24H,5-20H2,1-4H3. The van der Waals surface area contributed by atoms with Gasteiger partial charge in [0.25, 0.3) is 10.1 Å². The number of hydrogen-bond donors (Lipinski definition) is 0. The van der Waals surface area contributed by atoms with E-state index < -0.39 is 18.2 Å². The monoisotopic (exact) mass is 424 g/mol. The summed E-state index contributed by atoms with van der Waals surface area (Å²) in [5.41, 5.74) is 0. The van der Waals surface area contributed by atoms with Gasteiger partial charge in [-0.25, -0.2) is 0 Å². The zero-order valence-corrected chi connectivity index (χ0v) is 20.8. The predicted octanol–water partition coefficient (Wildman–Crippen LogP) is 7.36. The molecule has 0 aliphatic rings. The molecule has 0 spiro atoms. The first-order chi connectivity index (χ1) is 12.3. The summed E-state index contributed by atoms with van der Waals surface area (Å²) in [5.74, 6) is 0.197. The summed E-state index contributed by atoms with van der Waals surface area (Å²) in [6, 6.07) is 1.05. The van der Waals surface area contributed by atoms with E-state index in [0.29, 0.717) is 0 Å². The Labute approximate surface area is 167 Å². The quantitative estimate of drug-likeness (QED) is 0.124. The van der Waals surface area contributed by atoms with E-state index in [0.717, 1.165) is 25.0 Å². The van der Waals surface area contributed by atoms with Gasteiger partial charge < -0.3 is 0 Å². The largest absolute Gasteiger partial charge is 0.270 e. The molecule has 1 unspecified atom stereocenters. The van der Waals surface area contributed by atoms with Crippen LogP contribution in [0, 0.1) is 0 Å². The van der Waals surface area contributed by atoms with Gasteiger partial charge in [-0.15, -0.1) is 0 Å². The molecule has 0 aliphatic carbocycles. The lowest BCUT2D eigenvalue weighted by molar-refractivity contribution is 0.510. The normalized spacial score (nSPS) is 13.1. The van der Waals surface area contributed by atoms with E-state index >= 15 is 0 Å². The van der Waals surface area contributed by atoms with Crippen LogP contribution in [0.15, 0.2) is 0 Å². The van der Waals surface area contributed by atoms with E-state index in [2.05, 4.69) is 26.6 Å². The highest BCUT2D eigenvalue weighted by Gasteiger charge is 2.16. The van der Waals surface area contributed by atoms with Crippen LogP contribution in [-0.4, -0.2) is 28.4 Å². The summed E-state index contributed by atoms with van der Waals surface area (Å²) < 4.78 is 28.8. The van der Waals surface area contributed by atoms with Crippen molar-refractivity contribution in [2.45, 2.75) is 116 Å². The van der Waals surface area contributed by atoms with E-state index in [1.807, 2.05) is 0 Å². The Morgan fingerprint density at radius 2 is 1.19 bits per heavy atom. The number of rotatable bonds is 19. The lowest BCUT2D eigenvalue weighted by Gasteiger charge is -2.14. The highest BCUT2D eigenvalue weighted by Crippen LogP contribution is 2.21. The molecule has 0 bridgehead atoms. The lowest BCUT2D eigenvalue weighted by Crippen LogP contribution is -2.20. The molecular formula is C20H45O3PSSi. The van der Waals surface area contributed by atoms with Crippen molar-refractivity contribution in [1.82, 2.24) is 0 Å². The molecule has 6 heteroatoms. The first-order valence-electron chi connectivity index (χ1n) is 10.9. The van der Waals surface area contributed by atoms with Crippen LogP contribution in [0.25, 0.3) is 0 Å². The van der Waals surface area contributed by atoms with Crippen LogP contribution >= 0.6 is 8.81 Å². The first kappa shape index (κ1) is 26.6. The lowest BCUT2D eigenvalue weighted by atomic mass is 10.1. The Hall–Kier alpha value is 0.557. The van der Waals surface area contributed by atoms with Gasteiger partial charge in [0.2, 0.25) is 0 Å². The minimum atomic E-state index is -3.29. The van der Waals surface area contributed by atoms with Crippen LogP contribution in [0.4, 0.5) is 0 Å². The van der Waals surface area contributed by atoms with Crippen LogP contribution in [-0.2, 0) is 14.1 Å².